The van der Waals surface area contributed by atoms with Crippen LogP contribution in [0.4, 0.5) is 10.1 Å². The Labute approximate surface area is 185 Å². The molecular formula is C23H26FN3O3S. The number of rotatable bonds is 7. The van der Waals surface area contributed by atoms with E-state index in [0.29, 0.717) is 29.3 Å². The molecule has 0 radical (unpaired) electrons. The van der Waals surface area contributed by atoms with Gasteiger partial charge in [-0.3, -0.25) is 4.90 Å². The van der Waals surface area contributed by atoms with E-state index in [1.807, 2.05) is 28.5 Å². The standard InChI is InChI=1S/C23H26FN3O3S/c1-29-17-12-16(13-18(14-17)30-2)15-26-7-9-27(10-8-26)21-19(4-3-5-20(21)24)22(28)23-25-6-11-31-23/h3-6,11-14,22,28H,7-10,15H2,1-2H3. The first-order valence-corrected chi connectivity index (χ1v) is 11.0. The van der Waals surface area contributed by atoms with Crippen molar-refractivity contribution < 1.29 is 19.0 Å². The van der Waals surface area contributed by atoms with Gasteiger partial charge in [-0.1, -0.05) is 12.1 Å². The number of halogens is 1. The van der Waals surface area contributed by atoms with E-state index in [1.54, 1.807) is 32.5 Å². The first-order chi connectivity index (χ1) is 15.1. The highest BCUT2D eigenvalue weighted by Gasteiger charge is 2.26. The molecule has 0 amide bonds. The van der Waals surface area contributed by atoms with Gasteiger partial charge in [0.15, 0.2) is 0 Å². The van der Waals surface area contributed by atoms with Gasteiger partial charge in [0.2, 0.25) is 0 Å². The van der Waals surface area contributed by atoms with Crippen LogP contribution in [0.15, 0.2) is 48.0 Å². The van der Waals surface area contributed by atoms with Crippen LogP contribution >= 0.6 is 11.3 Å². The molecule has 6 nitrogen and oxygen atoms in total. The molecule has 1 fully saturated rings. The Morgan fingerprint density at radius 1 is 1.10 bits per heavy atom. The van der Waals surface area contributed by atoms with Crippen LogP contribution in [0.2, 0.25) is 0 Å². The van der Waals surface area contributed by atoms with Gasteiger partial charge in [0, 0.05) is 55.9 Å². The van der Waals surface area contributed by atoms with Gasteiger partial charge < -0.3 is 19.5 Å². The van der Waals surface area contributed by atoms with Crippen LogP contribution in [0.1, 0.15) is 22.2 Å². The lowest BCUT2D eigenvalue weighted by atomic mass is 10.0. The van der Waals surface area contributed by atoms with Crippen molar-refractivity contribution in [3.63, 3.8) is 0 Å². The molecule has 1 aliphatic heterocycles. The number of aromatic nitrogens is 1. The first-order valence-electron chi connectivity index (χ1n) is 10.1. The topological polar surface area (TPSA) is 58.1 Å². The summed E-state index contributed by atoms with van der Waals surface area (Å²) in [6.07, 6.45) is 0.710. The van der Waals surface area contributed by atoms with Gasteiger partial charge in [0.05, 0.1) is 19.9 Å². The molecular weight excluding hydrogens is 417 g/mol. The van der Waals surface area contributed by atoms with Crippen molar-refractivity contribution in [1.29, 1.82) is 0 Å². The SMILES string of the molecule is COc1cc(CN2CCN(c3c(F)cccc3C(O)c3nccs3)CC2)cc(OC)c1. The molecule has 1 N–H and O–H groups in total. The molecule has 1 aromatic heterocycles. The fourth-order valence-corrected chi connectivity index (χ4v) is 4.57. The van der Waals surface area contributed by atoms with Crippen molar-refractivity contribution in [2.45, 2.75) is 12.6 Å². The molecule has 2 aromatic carbocycles. The monoisotopic (exact) mass is 443 g/mol. The number of hydrogen-bond donors (Lipinski definition) is 1. The third-order valence-electron chi connectivity index (χ3n) is 5.50. The maximum atomic E-state index is 14.8. The van der Waals surface area contributed by atoms with E-state index < -0.39 is 6.10 Å². The van der Waals surface area contributed by atoms with Gasteiger partial charge in [-0.2, -0.15) is 0 Å². The number of aliphatic hydroxyl groups is 1. The molecule has 1 unspecified atom stereocenters. The van der Waals surface area contributed by atoms with Crippen molar-refractivity contribution in [2.75, 3.05) is 45.3 Å². The number of ether oxygens (including phenoxy) is 2. The van der Waals surface area contributed by atoms with Crippen LogP contribution in [0.5, 0.6) is 11.5 Å². The largest absolute Gasteiger partial charge is 0.497 e. The molecule has 0 saturated carbocycles. The van der Waals surface area contributed by atoms with E-state index in [-0.39, 0.29) is 5.82 Å². The molecule has 2 heterocycles. The van der Waals surface area contributed by atoms with Crippen molar-refractivity contribution in [1.82, 2.24) is 9.88 Å². The van der Waals surface area contributed by atoms with E-state index in [9.17, 15) is 9.50 Å². The van der Waals surface area contributed by atoms with Crippen molar-refractivity contribution in [3.8, 4) is 11.5 Å². The summed E-state index contributed by atoms with van der Waals surface area (Å²) in [6, 6.07) is 10.7. The Kier molecular flexibility index (Phi) is 6.70. The number of para-hydroxylation sites is 1. The summed E-state index contributed by atoms with van der Waals surface area (Å²) >= 11 is 1.36. The Balaban J connectivity index is 1.47. The van der Waals surface area contributed by atoms with Crippen LogP contribution in [-0.2, 0) is 6.54 Å². The molecule has 164 valence electrons. The predicted molar refractivity (Wildman–Crippen MR) is 120 cm³/mol. The lowest BCUT2D eigenvalue weighted by Crippen LogP contribution is -2.46. The number of thiazole rings is 1. The summed E-state index contributed by atoms with van der Waals surface area (Å²) in [7, 11) is 3.28. The molecule has 1 aliphatic rings. The maximum absolute atomic E-state index is 14.8. The van der Waals surface area contributed by atoms with Gasteiger partial charge in [-0.15, -0.1) is 11.3 Å². The number of anilines is 1. The number of nitrogens with zero attached hydrogens (tertiary/aromatic N) is 3. The van der Waals surface area contributed by atoms with Crippen molar-refractivity contribution in [2.24, 2.45) is 0 Å². The Morgan fingerprint density at radius 2 is 1.81 bits per heavy atom. The number of benzene rings is 2. The normalized spacial score (nSPS) is 15.7. The smallest absolute Gasteiger partial charge is 0.146 e. The first kappa shape index (κ1) is 21.5. The summed E-state index contributed by atoms with van der Waals surface area (Å²) in [6.45, 7) is 3.65. The van der Waals surface area contributed by atoms with Crippen molar-refractivity contribution >= 4 is 17.0 Å². The predicted octanol–water partition coefficient (Wildman–Crippen LogP) is 3.70. The Bertz CT molecular complexity index is 985. The number of piperazine rings is 1. The second-order valence-corrected chi connectivity index (χ2v) is 8.36. The van der Waals surface area contributed by atoms with Gasteiger partial charge in [-0.05, 0) is 23.8 Å². The lowest BCUT2D eigenvalue weighted by Gasteiger charge is -2.37. The maximum Gasteiger partial charge on any atom is 0.146 e. The second-order valence-electron chi connectivity index (χ2n) is 7.43. The summed E-state index contributed by atoms with van der Waals surface area (Å²) in [5, 5.41) is 13.2. The summed E-state index contributed by atoms with van der Waals surface area (Å²) in [5.74, 6) is 1.21. The molecule has 0 spiro atoms. The van der Waals surface area contributed by atoms with E-state index in [0.717, 1.165) is 36.7 Å². The van der Waals surface area contributed by atoms with Crippen LogP contribution in [0.3, 0.4) is 0 Å². The Hall–Kier alpha value is -2.68. The molecule has 1 saturated heterocycles. The number of methoxy groups -OCH3 is 2. The van der Waals surface area contributed by atoms with E-state index in [1.165, 1.54) is 17.4 Å². The zero-order valence-electron chi connectivity index (χ0n) is 17.6. The molecule has 8 heteroatoms. The number of hydrogen-bond acceptors (Lipinski definition) is 7. The highest BCUT2D eigenvalue weighted by molar-refractivity contribution is 7.09. The average molecular weight is 444 g/mol. The van der Waals surface area contributed by atoms with Crippen LogP contribution in [0, 0.1) is 5.82 Å². The average Bonchev–Trinajstić information content (AvgIpc) is 3.34. The van der Waals surface area contributed by atoms with E-state index in [2.05, 4.69) is 9.88 Å². The minimum absolute atomic E-state index is 0.320. The molecule has 1 atom stereocenters. The number of aliphatic hydroxyl groups excluding tert-OH is 1. The fraction of sp³-hybridized carbons (Fsp3) is 0.348. The summed E-state index contributed by atoms with van der Waals surface area (Å²) in [5.41, 5.74) is 2.13. The zero-order valence-corrected chi connectivity index (χ0v) is 18.4. The van der Waals surface area contributed by atoms with Gasteiger partial charge in [-0.25, -0.2) is 9.37 Å². The van der Waals surface area contributed by atoms with Crippen LogP contribution < -0.4 is 14.4 Å². The zero-order chi connectivity index (χ0) is 21.8. The van der Waals surface area contributed by atoms with Gasteiger partial charge in [0.1, 0.15) is 28.4 Å². The highest BCUT2D eigenvalue weighted by Crippen LogP contribution is 2.34. The van der Waals surface area contributed by atoms with Gasteiger partial charge in [0.25, 0.3) is 0 Å². The third-order valence-corrected chi connectivity index (χ3v) is 6.33. The van der Waals surface area contributed by atoms with E-state index >= 15 is 0 Å². The van der Waals surface area contributed by atoms with Crippen LogP contribution in [0.25, 0.3) is 0 Å². The fourth-order valence-electron chi connectivity index (χ4n) is 3.93. The highest BCUT2D eigenvalue weighted by atomic mass is 32.1. The van der Waals surface area contributed by atoms with Crippen molar-refractivity contribution in [3.05, 3.63) is 69.9 Å². The molecule has 0 bridgehead atoms. The summed E-state index contributed by atoms with van der Waals surface area (Å²) < 4.78 is 25.6. The van der Waals surface area contributed by atoms with Gasteiger partial charge >= 0.3 is 0 Å². The molecule has 31 heavy (non-hydrogen) atoms. The quantitative estimate of drug-likeness (QED) is 0.601. The van der Waals surface area contributed by atoms with Crippen LogP contribution in [-0.4, -0.2) is 55.4 Å². The second kappa shape index (κ2) is 9.64. The third kappa shape index (κ3) is 4.81. The minimum atomic E-state index is -0.937. The van der Waals surface area contributed by atoms with E-state index in [4.69, 9.17) is 9.47 Å². The molecule has 3 aromatic rings. The lowest BCUT2D eigenvalue weighted by molar-refractivity contribution is 0.217. The summed E-state index contributed by atoms with van der Waals surface area (Å²) in [4.78, 5) is 8.53. The Morgan fingerprint density at radius 3 is 2.42 bits per heavy atom. The molecule has 0 aliphatic carbocycles. The minimum Gasteiger partial charge on any atom is -0.497 e. The molecule has 4 rings (SSSR count).